The lowest BCUT2D eigenvalue weighted by molar-refractivity contribution is -0.870. The van der Waals surface area contributed by atoms with E-state index in [0.717, 1.165) is 38.5 Å². The molecule has 4 atom stereocenters. The van der Waals surface area contributed by atoms with Crippen molar-refractivity contribution >= 4 is 51.6 Å². The zero-order valence-electron chi connectivity index (χ0n) is 35.3. The van der Waals surface area contributed by atoms with Crippen LogP contribution in [0.5, 0.6) is 0 Å². The number of rotatable bonds is 40. The summed E-state index contributed by atoms with van der Waals surface area (Å²) in [7, 11) is 1.16. The van der Waals surface area contributed by atoms with Crippen molar-refractivity contribution in [2.24, 2.45) is 0 Å². The second-order valence-corrected chi connectivity index (χ2v) is 20.0. The summed E-state index contributed by atoms with van der Waals surface area (Å²) in [6, 6.07) is 0. The van der Waals surface area contributed by atoms with Crippen molar-refractivity contribution in [1.29, 1.82) is 0 Å². The minimum Gasteiger partial charge on any atom is -0.756 e. The maximum Gasteiger partial charge on any atom is 0.306 e. The Bertz CT molecular complexity index is 938. The summed E-state index contributed by atoms with van der Waals surface area (Å²) in [6.45, 7) is 4.21. The summed E-state index contributed by atoms with van der Waals surface area (Å²) >= 11 is 7.73. The molecule has 0 aromatic carbocycles. The number of nitrogens with zero attached hydrogens (tertiary/aromatic N) is 1. The molecule has 9 nitrogen and oxygen atoms in total. The van der Waals surface area contributed by atoms with Crippen molar-refractivity contribution < 1.29 is 42.1 Å². The van der Waals surface area contributed by atoms with Gasteiger partial charge >= 0.3 is 11.9 Å². The van der Waals surface area contributed by atoms with E-state index < -0.39 is 26.5 Å². The summed E-state index contributed by atoms with van der Waals surface area (Å²) in [5.41, 5.74) is 0. The van der Waals surface area contributed by atoms with E-state index in [0.29, 0.717) is 27.1 Å². The van der Waals surface area contributed by atoms with Gasteiger partial charge in [0.05, 0.1) is 27.7 Å². The van der Waals surface area contributed by atoms with Gasteiger partial charge in [0.2, 0.25) is 0 Å². The van der Waals surface area contributed by atoms with Gasteiger partial charge in [-0.2, -0.15) is 0 Å². The first kappa shape index (κ1) is 54.0. The first-order valence-corrected chi connectivity index (χ1v) is 25.1. The molecule has 0 saturated heterocycles. The van der Waals surface area contributed by atoms with Gasteiger partial charge in [0.1, 0.15) is 19.8 Å². The maximum absolute atomic E-state index is 12.7. The van der Waals surface area contributed by atoms with Crippen molar-refractivity contribution in [1.82, 2.24) is 0 Å². The van der Waals surface area contributed by atoms with Gasteiger partial charge in [-0.25, -0.2) is 0 Å². The van der Waals surface area contributed by atoms with Gasteiger partial charge in [0.25, 0.3) is 7.82 Å². The van der Waals surface area contributed by atoms with Gasteiger partial charge in [0.15, 0.2) is 6.10 Å². The molecule has 0 aliphatic carbocycles. The number of esters is 2. The SMILES string of the molecule is CCCCCCCCCCCCCCCC(=O)OC[C@H](COP(=O)([O-])OCC[N+](C)(C)C)OC(=O)CCCCCCCCCC(Br)C(Br)CCCCCC. The molecular formula is C42H82Br2NO8P. The number of unbranched alkanes of at least 4 members (excludes halogenated alkanes) is 21. The number of hydrogen-bond acceptors (Lipinski definition) is 8. The Kier molecular flexibility index (Phi) is 36.1. The lowest BCUT2D eigenvalue weighted by Crippen LogP contribution is -2.37. The van der Waals surface area contributed by atoms with Gasteiger partial charge in [0, 0.05) is 22.5 Å². The molecule has 3 unspecified atom stereocenters. The van der Waals surface area contributed by atoms with Crippen molar-refractivity contribution in [3.8, 4) is 0 Å². The van der Waals surface area contributed by atoms with Crippen LogP contribution in [0.25, 0.3) is 0 Å². The quantitative estimate of drug-likeness (QED) is 0.0196. The normalized spacial score (nSPS) is 14.7. The Labute approximate surface area is 349 Å². The van der Waals surface area contributed by atoms with Crippen molar-refractivity contribution in [2.75, 3.05) is 47.5 Å². The van der Waals surface area contributed by atoms with E-state index in [9.17, 15) is 19.0 Å². The standard InChI is InChI=1S/C42H82Br2NO8P/c1-6-8-10-12-13-14-15-16-17-18-21-24-28-32-41(46)50-36-38(37-52-54(48,49)51-35-34-45(3,4)5)53-42(47)33-29-25-22-19-20-23-27-31-40(44)39(43)30-26-11-9-7-2/h38-40H,6-37H2,1-5H3/t38-,39?,40?/m1/s1. The van der Waals surface area contributed by atoms with Crippen LogP contribution in [0.15, 0.2) is 0 Å². The van der Waals surface area contributed by atoms with E-state index in [4.69, 9.17) is 18.5 Å². The van der Waals surface area contributed by atoms with Crippen LogP contribution in [0, 0.1) is 0 Å². The van der Waals surface area contributed by atoms with Gasteiger partial charge < -0.3 is 27.9 Å². The number of ether oxygens (including phenoxy) is 2. The van der Waals surface area contributed by atoms with Crippen LogP contribution in [-0.2, 0) is 32.7 Å². The van der Waals surface area contributed by atoms with Crippen LogP contribution < -0.4 is 4.89 Å². The molecule has 0 N–H and O–H groups in total. The number of hydrogen-bond donors (Lipinski definition) is 0. The van der Waals surface area contributed by atoms with Crippen molar-refractivity contribution in [2.45, 2.75) is 209 Å². The van der Waals surface area contributed by atoms with Crippen LogP contribution in [0.3, 0.4) is 0 Å². The molecule has 0 aromatic heterocycles. The summed E-state index contributed by atoms with van der Waals surface area (Å²) in [4.78, 5) is 38.6. The maximum atomic E-state index is 12.7. The predicted molar refractivity (Wildman–Crippen MR) is 229 cm³/mol. The van der Waals surface area contributed by atoms with Crippen LogP contribution in [-0.4, -0.2) is 79.7 Å². The Balaban J connectivity index is 4.42. The first-order valence-electron chi connectivity index (χ1n) is 21.8. The third-order valence-electron chi connectivity index (χ3n) is 9.73. The van der Waals surface area contributed by atoms with Crippen molar-refractivity contribution in [3.63, 3.8) is 0 Å². The smallest absolute Gasteiger partial charge is 0.306 e. The summed E-state index contributed by atoms with van der Waals surface area (Å²) < 4.78 is 33.9. The molecule has 0 amide bonds. The predicted octanol–water partition coefficient (Wildman–Crippen LogP) is 12.1. The molecular weight excluding hydrogens is 837 g/mol. The fourth-order valence-electron chi connectivity index (χ4n) is 6.16. The number of likely N-dealkylation sites (N-methyl/N-ethyl adjacent to an activating group) is 1. The summed E-state index contributed by atoms with van der Waals surface area (Å²) in [5.74, 6) is -0.838. The Morgan fingerprint density at radius 2 is 0.963 bits per heavy atom. The van der Waals surface area contributed by atoms with E-state index in [1.807, 2.05) is 21.1 Å². The van der Waals surface area contributed by atoms with Crippen LogP contribution in [0.2, 0.25) is 0 Å². The summed E-state index contributed by atoms with van der Waals surface area (Å²) in [6.07, 6.45) is 30.3. The topological polar surface area (TPSA) is 111 Å². The van der Waals surface area contributed by atoms with E-state index in [1.165, 1.54) is 122 Å². The molecule has 0 aliphatic heterocycles. The molecule has 0 fully saturated rings. The Morgan fingerprint density at radius 1 is 0.574 bits per heavy atom. The van der Waals surface area contributed by atoms with Gasteiger partial charge in [-0.05, 0) is 25.7 Å². The van der Waals surface area contributed by atoms with Gasteiger partial charge in [-0.15, -0.1) is 0 Å². The molecule has 322 valence electrons. The van der Waals surface area contributed by atoms with E-state index in [1.54, 1.807) is 0 Å². The zero-order chi connectivity index (χ0) is 40.3. The van der Waals surface area contributed by atoms with E-state index in [2.05, 4.69) is 45.7 Å². The third-order valence-corrected chi connectivity index (χ3v) is 13.6. The molecule has 0 spiro atoms. The second kappa shape index (κ2) is 36.1. The molecule has 54 heavy (non-hydrogen) atoms. The average Bonchev–Trinajstić information content (AvgIpc) is 3.11. The van der Waals surface area contributed by atoms with E-state index in [-0.39, 0.29) is 32.0 Å². The monoisotopic (exact) mass is 917 g/mol. The number of phosphoric acid groups is 1. The highest BCUT2D eigenvalue weighted by Gasteiger charge is 2.22. The molecule has 0 heterocycles. The largest absolute Gasteiger partial charge is 0.756 e. The highest BCUT2D eigenvalue weighted by molar-refractivity contribution is 9.12. The Hall–Kier alpha value is -0.0300. The average molecular weight is 920 g/mol. The minimum absolute atomic E-state index is 0.0314. The number of carbonyl (C=O) groups is 2. The highest BCUT2D eigenvalue weighted by atomic mass is 79.9. The molecule has 0 rings (SSSR count). The Morgan fingerprint density at radius 3 is 1.41 bits per heavy atom. The molecule has 0 aromatic rings. The fraction of sp³-hybridized carbons (Fsp3) is 0.952. The number of carbonyl (C=O) groups excluding carboxylic acids is 2. The fourth-order valence-corrected chi connectivity index (χ4v) is 8.07. The van der Waals surface area contributed by atoms with Gasteiger partial charge in [-0.3, -0.25) is 14.2 Å². The van der Waals surface area contributed by atoms with Crippen LogP contribution in [0.4, 0.5) is 0 Å². The molecule has 0 saturated carbocycles. The molecule has 0 radical (unpaired) electrons. The molecule has 0 bridgehead atoms. The summed E-state index contributed by atoms with van der Waals surface area (Å²) in [5, 5.41) is 0. The molecule has 12 heteroatoms. The zero-order valence-corrected chi connectivity index (χ0v) is 39.3. The number of phosphoric ester groups is 1. The number of quaternary nitrogens is 1. The van der Waals surface area contributed by atoms with Gasteiger partial charge in [-0.1, -0.05) is 187 Å². The molecule has 0 aliphatic rings. The lowest BCUT2D eigenvalue weighted by atomic mass is 10.0. The van der Waals surface area contributed by atoms with Crippen LogP contribution >= 0.6 is 39.7 Å². The first-order chi connectivity index (χ1) is 25.8. The third kappa shape index (κ3) is 37.5. The van der Waals surface area contributed by atoms with Crippen molar-refractivity contribution in [3.05, 3.63) is 0 Å². The number of halogens is 2. The highest BCUT2D eigenvalue weighted by Crippen LogP contribution is 2.38. The lowest BCUT2D eigenvalue weighted by Gasteiger charge is -2.28. The van der Waals surface area contributed by atoms with E-state index >= 15 is 0 Å². The number of alkyl halides is 2. The van der Waals surface area contributed by atoms with Crippen LogP contribution in [0.1, 0.15) is 194 Å². The minimum atomic E-state index is -4.62. The second-order valence-electron chi connectivity index (χ2n) is 16.3.